The lowest BCUT2D eigenvalue weighted by Gasteiger charge is -2.23. The van der Waals surface area contributed by atoms with Gasteiger partial charge >= 0.3 is 5.97 Å². The Labute approximate surface area is 202 Å². The summed E-state index contributed by atoms with van der Waals surface area (Å²) in [5, 5.41) is 13.3. The third-order valence-corrected chi connectivity index (χ3v) is 6.51. The Morgan fingerprint density at radius 2 is 1.86 bits per heavy atom. The average Bonchev–Trinajstić information content (AvgIpc) is 3.28. The monoisotopic (exact) mass is 469 g/mol. The van der Waals surface area contributed by atoms with Crippen molar-refractivity contribution >= 4 is 28.6 Å². The molecule has 0 saturated heterocycles. The second-order valence-corrected chi connectivity index (χ2v) is 8.91. The minimum atomic E-state index is -1.05. The van der Waals surface area contributed by atoms with Crippen LogP contribution >= 0.6 is 0 Å². The van der Waals surface area contributed by atoms with Gasteiger partial charge < -0.3 is 15.3 Å². The Hall–Kier alpha value is -4.20. The van der Waals surface area contributed by atoms with E-state index >= 15 is 0 Å². The predicted octanol–water partition coefficient (Wildman–Crippen LogP) is 4.51. The van der Waals surface area contributed by atoms with Crippen LogP contribution in [0.5, 0.6) is 0 Å². The molecule has 2 aromatic carbocycles. The largest absolute Gasteiger partial charge is 0.478 e. The van der Waals surface area contributed by atoms with E-state index in [4.69, 9.17) is 4.98 Å². The van der Waals surface area contributed by atoms with Gasteiger partial charge in [0, 0.05) is 31.4 Å². The summed E-state index contributed by atoms with van der Waals surface area (Å²) in [7, 11) is 0. The number of rotatable bonds is 6. The van der Waals surface area contributed by atoms with Crippen LogP contribution in [0.25, 0.3) is 10.9 Å². The number of carboxylic acids is 1. The van der Waals surface area contributed by atoms with Crippen molar-refractivity contribution in [2.75, 3.05) is 10.2 Å². The maximum atomic E-state index is 13.6. The van der Waals surface area contributed by atoms with Gasteiger partial charge in [0.05, 0.1) is 16.9 Å². The molecular weight excluding hydrogens is 442 g/mol. The summed E-state index contributed by atoms with van der Waals surface area (Å²) in [6, 6.07) is 14.9. The molecule has 0 aliphatic carbocycles. The van der Waals surface area contributed by atoms with Gasteiger partial charge in [0.15, 0.2) is 0 Å². The van der Waals surface area contributed by atoms with E-state index in [1.165, 1.54) is 17.2 Å². The number of aromatic nitrogens is 3. The summed E-state index contributed by atoms with van der Waals surface area (Å²) in [5.74, 6) is -0.136. The van der Waals surface area contributed by atoms with Crippen molar-refractivity contribution in [3.63, 3.8) is 0 Å². The van der Waals surface area contributed by atoms with Crippen molar-refractivity contribution in [2.24, 2.45) is 0 Å². The molecule has 2 N–H and O–H groups in total. The van der Waals surface area contributed by atoms with Crippen molar-refractivity contribution in [3.8, 4) is 0 Å². The first-order chi connectivity index (χ1) is 16.9. The predicted molar refractivity (Wildman–Crippen MR) is 136 cm³/mol. The van der Waals surface area contributed by atoms with E-state index in [9.17, 15) is 14.7 Å². The third-order valence-electron chi connectivity index (χ3n) is 6.51. The highest BCUT2D eigenvalue weighted by Crippen LogP contribution is 2.31. The number of hydrogen-bond acceptors (Lipinski definition) is 6. The molecule has 178 valence electrons. The molecule has 0 spiro atoms. The summed E-state index contributed by atoms with van der Waals surface area (Å²) < 4.78 is 1.73. The Morgan fingerprint density at radius 1 is 1.14 bits per heavy atom. The maximum absolute atomic E-state index is 13.6. The van der Waals surface area contributed by atoms with E-state index in [2.05, 4.69) is 27.3 Å². The molecule has 0 radical (unpaired) electrons. The first kappa shape index (κ1) is 22.6. The van der Waals surface area contributed by atoms with Crippen LogP contribution in [0, 0.1) is 6.92 Å². The van der Waals surface area contributed by atoms with Gasteiger partial charge in [0.1, 0.15) is 11.4 Å². The molecule has 0 saturated carbocycles. The van der Waals surface area contributed by atoms with Gasteiger partial charge in [-0.05, 0) is 55.7 Å². The van der Waals surface area contributed by atoms with Crippen LogP contribution in [0.1, 0.15) is 52.5 Å². The Balaban J connectivity index is 1.63. The van der Waals surface area contributed by atoms with Crippen molar-refractivity contribution in [1.82, 2.24) is 14.5 Å². The number of benzene rings is 2. The first-order valence-electron chi connectivity index (χ1n) is 11.7. The first-order valence-corrected chi connectivity index (χ1v) is 11.7. The second kappa shape index (κ2) is 8.87. The molecule has 0 amide bonds. The van der Waals surface area contributed by atoms with Crippen LogP contribution in [-0.2, 0) is 19.6 Å². The van der Waals surface area contributed by atoms with Gasteiger partial charge in [-0.25, -0.2) is 14.8 Å². The molecule has 35 heavy (non-hydrogen) atoms. The number of fused-ring (bicyclic) bond motifs is 2. The number of nitrogens with one attached hydrogen (secondary N) is 1. The molecule has 1 atom stereocenters. The minimum absolute atomic E-state index is 0.0790. The molecule has 1 aliphatic rings. The van der Waals surface area contributed by atoms with Gasteiger partial charge in [0.2, 0.25) is 5.95 Å². The number of anilines is 2. The highest BCUT2D eigenvalue weighted by atomic mass is 16.4. The van der Waals surface area contributed by atoms with Crippen molar-refractivity contribution in [2.45, 2.75) is 46.4 Å². The Kier molecular flexibility index (Phi) is 5.72. The van der Waals surface area contributed by atoms with Crippen LogP contribution in [-0.4, -0.2) is 25.6 Å². The fourth-order valence-electron chi connectivity index (χ4n) is 4.80. The van der Waals surface area contributed by atoms with E-state index in [0.717, 1.165) is 11.1 Å². The molecule has 3 heterocycles. The fourth-order valence-corrected chi connectivity index (χ4v) is 4.80. The summed E-state index contributed by atoms with van der Waals surface area (Å²) in [6.45, 7) is 7.72. The smallest absolute Gasteiger partial charge is 0.339 e. The van der Waals surface area contributed by atoms with Gasteiger partial charge in [-0.15, -0.1) is 0 Å². The molecule has 0 unspecified atom stereocenters. The summed E-state index contributed by atoms with van der Waals surface area (Å²) in [4.78, 5) is 36.7. The molecule has 5 rings (SSSR count). The molecule has 1 aliphatic heterocycles. The van der Waals surface area contributed by atoms with E-state index in [0.29, 0.717) is 36.5 Å². The van der Waals surface area contributed by atoms with Gasteiger partial charge in [-0.3, -0.25) is 9.36 Å². The van der Waals surface area contributed by atoms with Crippen LogP contribution in [0.3, 0.4) is 0 Å². The Morgan fingerprint density at radius 3 is 2.51 bits per heavy atom. The number of aromatic carboxylic acids is 1. The SMILES string of the molecule is CCn1c(N2Cc3ccccc3C2)nc2c([C@@H](C)Nc3ncccc3C(=O)O)cc(C)cc2c1=O. The zero-order valence-corrected chi connectivity index (χ0v) is 19.9. The molecule has 8 nitrogen and oxygen atoms in total. The van der Waals surface area contributed by atoms with Gasteiger partial charge in [-0.2, -0.15) is 0 Å². The van der Waals surface area contributed by atoms with Crippen molar-refractivity contribution in [3.05, 3.63) is 92.9 Å². The zero-order valence-electron chi connectivity index (χ0n) is 19.9. The van der Waals surface area contributed by atoms with E-state index in [1.807, 2.05) is 45.0 Å². The lowest BCUT2D eigenvalue weighted by molar-refractivity contribution is 0.0697. The molecular formula is C27H27N5O3. The summed E-state index contributed by atoms with van der Waals surface area (Å²) in [5.41, 5.74) is 4.85. The van der Waals surface area contributed by atoms with Crippen molar-refractivity contribution < 1.29 is 9.90 Å². The second-order valence-electron chi connectivity index (χ2n) is 8.91. The third kappa shape index (κ3) is 4.01. The molecule has 0 fully saturated rings. The lowest BCUT2D eigenvalue weighted by Crippen LogP contribution is -2.30. The summed E-state index contributed by atoms with van der Waals surface area (Å²) in [6.07, 6.45) is 1.55. The standard InChI is InChI=1S/C27H27N5O3/c1-4-32-25(33)22-13-16(2)12-21(17(3)29-24-20(26(34)35)10-7-11-28-24)23(22)30-27(32)31-14-18-8-5-6-9-19(18)15-31/h5-13,17H,4,14-15H2,1-3H3,(H,28,29)(H,34,35)/t17-/m1/s1. The number of carbonyl (C=O) groups is 1. The van der Waals surface area contributed by atoms with E-state index in [-0.39, 0.29) is 23.0 Å². The number of carboxylic acid groups (broad SMARTS) is 1. The molecule has 0 bridgehead atoms. The number of hydrogen-bond donors (Lipinski definition) is 2. The quantitative estimate of drug-likeness (QED) is 0.428. The topological polar surface area (TPSA) is 100 Å². The number of nitrogens with zero attached hydrogens (tertiary/aromatic N) is 4. The van der Waals surface area contributed by atoms with Crippen molar-refractivity contribution in [1.29, 1.82) is 0 Å². The number of pyridine rings is 1. The van der Waals surface area contributed by atoms with Crippen LogP contribution in [0.15, 0.2) is 59.5 Å². The lowest BCUT2D eigenvalue weighted by atomic mass is 10.0. The van der Waals surface area contributed by atoms with Crippen LogP contribution < -0.4 is 15.8 Å². The van der Waals surface area contributed by atoms with Gasteiger partial charge in [-0.1, -0.05) is 30.3 Å². The normalized spacial score (nSPS) is 13.6. The highest BCUT2D eigenvalue weighted by Gasteiger charge is 2.25. The molecule has 2 aromatic heterocycles. The molecule has 4 aromatic rings. The van der Waals surface area contributed by atoms with E-state index in [1.54, 1.807) is 16.8 Å². The molecule has 8 heteroatoms. The average molecular weight is 470 g/mol. The van der Waals surface area contributed by atoms with Crippen LogP contribution in [0.2, 0.25) is 0 Å². The zero-order chi connectivity index (χ0) is 24.7. The van der Waals surface area contributed by atoms with E-state index < -0.39 is 5.97 Å². The van der Waals surface area contributed by atoms with Gasteiger partial charge in [0.25, 0.3) is 5.56 Å². The maximum Gasteiger partial charge on any atom is 0.339 e. The Bertz CT molecular complexity index is 1490. The number of aryl methyl sites for hydroxylation is 1. The summed E-state index contributed by atoms with van der Waals surface area (Å²) >= 11 is 0. The highest BCUT2D eigenvalue weighted by molar-refractivity contribution is 5.93. The van der Waals surface area contributed by atoms with Crippen LogP contribution in [0.4, 0.5) is 11.8 Å². The minimum Gasteiger partial charge on any atom is -0.478 e. The fraction of sp³-hybridized carbons (Fsp3) is 0.259.